The van der Waals surface area contributed by atoms with Crippen LogP contribution >= 0.6 is 0 Å². The summed E-state index contributed by atoms with van der Waals surface area (Å²) in [5.74, 6) is 0. The highest BCUT2D eigenvalue weighted by atomic mass is 14.1. The lowest BCUT2D eigenvalue weighted by atomic mass is 9.34. The van der Waals surface area contributed by atoms with Gasteiger partial charge in [0.05, 0.1) is 0 Å². The number of hydrogen-bond acceptors (Lipinski definition) is 0. The van der Waals surface area contributed by atoms with Crippen molar-refractivity contribution in [2.24, 2.45) is 0 Å². The summed E-state index contributed by atoms with van der Waals surface area (Å²) >= 11 is 0. The Bertz CT molecular complexity index is 1110. The first-order valence-electron chi connectivity index (χ1n) is 10.2. The van der Waals surface area contributed by atoms with Gasteiger partial charge in [-0.25, -0.2) is 0 Å². The smallest absolute Gasteiger partial charge is 0.0686 e. The second-order valence-electron chi connectivity index (χ2n) is 7.53. The van der Waals surface area contributed by atoms with Gasteiger partial charge in [0.15, 0.2) is 0 Å². The minimum absolute atomic E-state index is 0.165. The van der Waals surface area contributed by atoms with Crippen molar-refractivity contribution in [2.75, 3.05) is 0 Å². The fraction of sp³-hybridized carbons (Fsp3) is 0.0714. The lowest BCUT2D eigenvalue weighted by Crippen LogP contribution is -2.44. The van der Waals surface area contributed by atoms with Gasteiger partial charge in [0.25, 0.3) is 0 Å². The average molecular weight is 372 g/mol. The Kier molecular flexibility index (Phi) is 5.77. The lowest BCUT2D eigenvalue weighted by Gasteiger charge is -2.22. The molecule has 1 heteroatoms. The molecule has 0 saturated heterocycles. The van der Waals surface area contributed by atoms with Crippen molar-refractivity contribution in [3.05, 3.63) is 131 Å². The first kappa shape index (κ1) is 19.0. The molecule has 0 heterocycles. The van der Waals surface area contributed by atoms with Crippen LogP contribution in [0.3, 0.4) is 0 Å². The van der Waals surface area contributed by atoms with Crippen LogP contribution in [0.25, 0.3) is 11.5 Å². The number of aryl methyl sites for hydroxylation is 2. The fourth-order valence-corrected chi connectivity index (χ4v) is 4.03. The van der Waals surface area contributed by atoms with Crippen LogP contribution in [0.15, 0.2) is 109 Å². The highest BCUT2D eigenvalue weighted by molar-refractivity contribution is 7.00. The molecule has 0 unspecified atom stereocenters. The Morgan fingerprint density at radius 1 is 0.586 bits per heavy atom. The average Bonchev–Trinajstić information content (AvgIpc) is 2.76. The summed E-state index contributed by atoms with van der Waals surface area (Å²) in [7, 11) is 0. The van der Waals surface area contributed by atoms with Crippen molar-refractivity contribution in [2.45, 2.75) is 13.8 Å². The lowest BCUT2D eigenvalue weighted by molar-refractivity contribution is 1.44. The van der Waals surface area contributed by atoms with E-state index in [9.17, 15) is 0 Å². The molecule has 4 rings (SSSR count). The minimum Gasteiger partial charge on any atom is -0.0686 e. The highest BCUT2D eigenvalue weighted by Crippen LogP contribution is 2.25. The molecule has 0 bridgehead atoms. The van der Waals surface area contributed by atoms with Crippen LogP contribution in [-0.2, 0) is 0 Å². The monoisotopic (exact) mass is 372 g/mol. The molecule has 0 aliphatic heterocycles. The van der Waals surface area contributed by atoms with Gasteiger partial charge in [-0.3, -0.25) is 0 Å². The quantitative estimate of drug-likeness (QED) is 0.312. The van der Waals surface area contributed by atoms with Gasteiger partial charge in [0, 0.05) is 0 Å². The van der Waals surface area contributed by atoms with Gasteiger partial charge in [-0.15, -0.1) is 0 Å². The van der Waals surface area contributed by atoms with Crippen LogP contribution in [0, 0.1) is 13.8 Å². The van der Waals surface area contributed by atoms with Crippen LogP contribution in [0.2, 0.25) is 0 Å². The predicted octanol–water partition coefficient (Wildman–Crippen LogP) is 5.69. The Morgan fingerprint density at radius 3 is 1.79 bits per heavy atom. The molecule has 0 spiro atoms. The Labute approximate surface area is 174 Å². The zero-order valence-corrected chi connectivity index (χ0v) is 17.0. The van der Waals surface area contributed by atoms with E-state index in [1.54, 1.807) is 0 Å². The molecule has 4 aromatic carbocycles. The molecule has 0 aliphatic carbocycles. The minimum atomic E-state index is 0.165. The highest BCUT2D eigenvalue weighted by Gasteiger charge is 2.27. The molecule has 0 saturated carbocycles. The van der Waals surface area contributed by atoms with Crippen LogP contribution < -0.4 is 10.9 Å². The first-order valence-corrected chi connectivity index (χ1v) is 10.2. The number of benzene rings is 4. The van der Waals surface area contributed by atoms with Gasteiger partial charge in [-0.1, -0.05) is 137 Å². The maximum absolute atomic E-state index is 2.35. The molecule has 0 nitrogen and oxygen atoms in total. The van der Waals surface area contributed by atoms with Gasteiger partial charge in [-0.05, 0) is 30.5 Å². The van der Waals surface area contributed by atoms with E-state index in [2.05, 4.69) is 129 Å². The van der Waals surface area contributed by atoms with Gasteiger partial charge in [0.2, 0.25) is 6.71 Å². The fourth-order valence-electron chi connectivity index (χ4n) is 4.03. The Morgan fingerprint density at radius 2 is 1.14 bits per heavy atom. The summed E-state index contributed by atoms with van der Waals surface area (Å²) in [5.41, 5.74) is 9.12. The van der Waals surface area contributed by atoms with Crippen LogP contribution in [0.4, 0.5) is 0 Å². The van der Waals surface area contributed by atoms with Crippen molar-refractivity contribution in [3.8, 4) is 0 Å². The topological polar surface area (TPSA) is 0 Å². The molecule has 0 fully saturated rings. The van der Waals surface area contributed by atoms with E-state index in [-0.39, 0.29) is 6.71 Å². The van der Waals surface area contributed by atoms with E-state index in [1.807, 2.05) is 0 Å². The molecule has 4 aromatic rings. The van der Waals surface area contributed by atoms with Gasteiger partial charge >= 0.3 is 0 Å². The molecule has 0 N–H and O–H groups in total. The van der Waals surface area contributed by atoms with E-state index in [1.165, 1.54) is 38.7 Å². The molecule has 0 aromatic heterocycles. The molecule has 0 amide bonds. The van der Waals surface area contributed by atoms with Crippen molar-refractivity contribution in [1.29, 1.82) is 0 Å². The molecule has 0 atom stereocenters. The maximum atomic E-state index is 2.35. The van der Waals surface area contributed by atoms with Crippen molar-refractivity contribution >= 4 is 29.2 Å². The third-order valence-corrected chi connectivity index (χ3v) is 5.52. The number of hydrogen-bond donors (Lipinski definition) is 0. The molecular weight excluding hydrogens is 347 g/mol. The van der Waals surface area contributed by atoms with Crippen molar-refractivity contribution in [3.63, 3.8) is 0 Å². The van der Waals surface area contributed by atoms with E-state index < -0.39 is 0 Å². The zero-order chi connectivity index (χ0) is 20.1. The SMILES string of the molecule is Cc1ccccc1B(/C(=C/c1ccccc1)c1ccccc1C)c1ccccc1. The summed E-state index contributed by atoms with van der Waals surface area (Å²) < 4.78 is 0. The first-order chi connectivity index (χ1) is 14.2. The Hall–Kier alpha value is -3.32. The Balaban J connectivity index is 2.00. The second-order valence-corrected chi connectivity index (χ2v) is 7.53. The summed E-state index contributed by atoms with van der Waals surface area (Å²) in [4.78, 5) is 0. The molecular formula is C28H25B. The standard InChI is InChI=1S/C28H25B/c1-22-13-9-11-19-26(22)28(21-24-15-5-3-6-16-24)29(25-17-7-4-8-18-25)27-20-12-10-14-23(27)2/h3-21H,1-2H3/b28-21+. The predicted molar refractivity (Wildman–Crippen MR) is 128 cm³/mol. The maximum Gasteiger partial charge on any atom is 0.242 e. The van der Waals surface area contributed by atoms with E-state index in [0.717, 1.165) is 0 Å². The van der Waals surface area contributed by atoms with Crippen LogP contribution in [0.5, 0.6) is 0 Å². The normalized spacial score (nSPS) is 11.3. The van der Waals surface area contributed by atoms with Crippen molar-refractivity contribution < 1.29 is 0 Å². The van der Waals surface area contributed by atoms with Crippen molar-refractivity contribution in [1.82, 2.24) is 0 Å². The van der Waals surface area contributed by atoms with Crippen LogP contribution in [-0.4, -0.2) is 6.71 Å². The van der Waals surface area contributed by atoms with Gasteiger partial charge < -0.3 is 0 Å². The van der Waals surface area contributed by atoms with Gasteiger partial charge in [-0.2, -0.15) is 0 Å². The van der Waals surface area contributed by atoms with E-state index in [0.29, 0.717) is 0 Å². The second kappa shape index (κ2) is 8.79. The summed E-state index contributed by atoms with van der Waals surface area (Å²) in [5, 5.41) is 0. The third-order valence-electron chi connectivity index (χ3n) is 5.52. The van der Waals surface area contributed by atoms with E-state index >= 15 is 0 Å². The molecule has 0 radical (unpaired) electrons. The summed E-state index contributed by atoms with van der Waals surface area (Å²) in [6.45, 7) is 4.58. The third kappa shape index (κ3) is 4.25. The van der Waals surface area contributed by atoms with Crippen LogP contribution in [0.1, 0.15) is 22.3 Å². The summed E-state index contributed by atoms with van der Waals surface area (Å²) in [6.07, 6.45) is 2.35. The molecule has 29 heavy (non-hydrogen) atoms. The summed E-state index contributed by atoms with van der Waals surface area (Å²) in [6, 6.07) is 38.9. The largest absolute Gasteiger partial charge is 0.242 e. The van der Waals surface area contributed by atoms with Gasteiger partial charge in [0.1, 0.15) is 0 Å². The molecule has 140 valence electrons. The zero-order valence-electron chi connectivity index (χ0n) is 17.0. The van der Waals surface area contributed by atoms with E-state index in [4.69, 9.17) is 0 Å². The number of rotatable bonds is 5. The molecule has 0 aliphatic rings.